The highest BCUT2D eigenvalue weighted by Gasteiger charge is 2.09. The summed E-state index contributed by atoms with van der Waals surface area (Å²) in [7, 11) is 1.92. The van der Waals surface area contributed by atoms with Crippen LogP contribution in [-0.4, -0.2) is 30.2 Å². The van der Waals surface area contributed by atoms with Crippen LogP contribution in [0.15, 0.2) is 18.6 Å². The molecule has 78 valence electrons. The van der Waals surface area contributed by atoms with Crippen LogP contribution >= 0.6 is 0 Å². The van der Waals surface area contributed by atoms with Crippen molar-refractivity contribution >= 4 is 0 Å². The van der Waals surface area contributed by atoms with Gasteiger partial charge in [0, 0.05) is 31.8 Å². The lowest BCUT2D eigenvalue weighted by molar-refractivity contribution is 0.137. The molecule has 0 amide bonds. The molecule has 0 aliphatic rings. The molecule has 1 rings (SSSR count). The lowest BCUT2D eigenvalue weighted by Gasteiger charge is -2.14. The molecule has 0 bridgehead atoms. The lowest BCUT2D eigenvalue weighted by atomic mass is 10.1. The van der Waals surface area contributed by atoms with Gasteiger partial charge in [-0.2, -0.15) is 0 Å². The first kappa shape index (κ1) is 11.1. The fraction of sp³-hybridized carbons (Fsp3) is 0.600. The monoisotopic (exact) mass is 195 g/mol. The minimum absolute atomic E-state index is 0.232. The van der Waals surface area contributed by atoms with Crippen molar-refractivity contribution in [2.75, 3.05) is 20.3 Å². The molecule has 0 fully saturated rings. The van der Waals surface area contributed by atoms with E-state index in [1.54, 1.807) is 18.6 Å². The molecule has 0 radical (unpaired) electrons. The Balaban J connectivity index is 2.46. The van der Waals surface area contributed by atoms with Crippen LogP contribution < -0.4 is 5.32 Å². The van der Waals surface area contributed by atoms with Crippen molar-refractivity contribution in [3.8, 4) is 0 Å². The number of hydrogen-bond acceptors (Lipinski definition) is 4. The Morgan fingerprint density at radius 1 is 1.50 bits per heavy atom. The number of nitrogens with one attached hydrogen (secondary N) is 1. The van der Waals surface area contributed by atoms with E-state index < -0.39 is 0 Å². The molecule has 1 heterocycles. The molecule has 4 nitrogen and oxygen atoms in total. The third-order valence-electron chi connectivity index (χ3n) is 2.04. The van der Waals surface area contributed by atoms with E-state index in [0.29, 0.717) is 0 Å². The number of hydrogen-bond donors (Lipinski definition) is 1. The van der Waals surface area contributed by atoms with Crippen molar-refractivity contribution in [2.24, 2.45) is 0 Å². The molecule has 0 aromatic carbocycles. The minimum Gasteiger partial charge on any atom is -0.382 e. The van der Waals surface area contributed by atoms with Crippen LogP contribution in [0.2, 0.25) is 0 Å². The predicted octanol–water partition coefficient (Wildman–Crippen LogP) is 1.16. The van der Waals surface area contributed by atoms with E-state index in [0.717, 1.165) is 25.3 Å². The number of ether oxygens (including phenoxy) is 1. The molecule has 0 saturated carbocycles. The summed E-state index contributed by atoms with van der Waals surface area (Å²) in [5, 5.41) is 3.19. The van der Waals surface area contributed by atoms with Crippen LogP contribution in [0, 0.1) is 0 Å². The van der Waals surface area contributed by atoms with E-state index in [2.05, 4.69) is 15.3 Å². The Bertz CT molecular complexity index is 240. The second-order valence-electron chi connectivity index (χ2n) is 2.96. The molecule has 14 heavy (non-hydrogen) atoms. The molecule has 1 atom stereocenters. The van der Waals surface area contributed by atoms with Gasteiger partial charge in [0.05, 0.1) is 11.7 Å². The van der Waals surface area contributed by atoms with Gasteiger partial charge in [0.25, 0.3) is 0 Å². The van der Waals surface area contributed by atoms with E-state index in [1.807, 2.05) is 14.0 Å². The van der Waals surface area contributed by atoms with E-state index in [1.165, 1.54) is 0 Å². The number of nitrogens with zero attached hydrogens (tertiary/aromatic N) is 2. The van der Waals surface area contributed by atoms with Gasteiger partial charge in [0.2, 0.25) is 0 Å². The van der Waals surface area contributed by atoms with Gasteiger partial charge in [0.1, 0.15) is 0 Å². The first-order chi connectivity index (χ1) is 6.88. The van der Waals surface area contributed by atoms with Crippen LogP contribution in [0.1, 0.15) is 25.1 Å². The Kier molecular flexibility index (Phi) is 5.11. The van der Waals surface area contributed by atoms with Gasteiger partial charge in [0.15, 0.2) is 0 Å². The average molecular weight is 195 g/mol. The van der Waals surface area contributed by atoms with Crippen LogP contribution in [0.5, 0.6) is 0 Å². The zero-order valence-electron chi connectivity index (χ0n) is 8.73. The molecular formula is C10H17N3O. The van der Waals surface area contributed by atoms with Gasteiger partial charge < -0.3 is 10.1 Å². The maximum Gasteiger partial charge on any atom is 0.0756 e. The smallest absolute Gasteiger partial charge is 0.0756 e. The average Bonchev–Trinajstić information content (AvgIpc) is 2.26. The van der Waals surface area contributed by atoms with Crippen LogP contribution in [0.25, 0.3) is 0 Å². The highest BCUT2D eigenvalue weighted by Crippen LogP contribution is 2.11. The SMILES string of the molecule is CCOCCC(NC)c1cnccn1. The Morgan fingerprint density at radius 2 is 2.36 bits per heavy atom. The zero-order valence-corrected chi connectivity index (χ0v) is 8.73. The molecule has 4 heteroatoms. The molecule has 0 aliphatic carbocycles. The molecule has 0 saturated heterocycles. The summed E-state index contributed by atoms with van der Waals surface area (Å²) in [4.78, 5) is 8.29. The summed E-state index contributed by atoms with van der Waals surface area (Å²) in [5.74, 6) is 0. The van der Waals surface area contributed by atoms with Gasteiger partial charge in [-0.1, -0.05) is 0 Å². The van der Waals surface area contributed by atoms with Crippen molar-refractivity contribution in [2.45, 2.75) is 19.4 Å². The minimum atomic E-state index is 0.232. The van der Waals surface area contributed by atoms with E-state index in [-0.39, 0.29) is 6.04 Å². The normalized spacial score (nSPS) is 12.7. The van der Waals surface area contributed by atoms with E-state index in [4.69, 9.17) is 4.74 Å². The summed E-state index contributed by atoms with van der Waals surface area (Å²) in [6, 6.07) is 0.232. The predicted molar refractivity (Wildman–Crippen MR) is 54.9 cm³/mol. The number of aromatic nitrogens is 2. The van der Waals surface area contributed by atoms with Gasteiger partial charge in [-0.25, -0.2) is 0 Å². The summed E-state index contributed by atoms with van der Waals surface area (Å²) >= 11 is 0. The first-order valence-electron chi connectivity index (χ1n) is 4.89. The maximum absolute atomic E-state index is 5.30. The van der Waals surface area contributed by atoms with Crippen molar-refractivity contribution in [1.82, 2.24) is 15.3 Å². The van der Waals surface area contributed by atoms with Crippen LogP contribution in [0.3, 0.4) is 0 Å². The molecular weight excluding hydrogens is 178 g/mol. The second-order valence-corrected chi connectivity index (χ2v) is 2.96. The Labute approximate surface area is 84.7 Å². The molecule has 1 unspecified atom stereocenters. The standard InChI is InChI=1S/C10H17N3O/c1-3-14-7-4-9(11-2)10-8-12-5-6-13-10/h5-6,8-9,11H,3-4,7H2,1-2H3. The highest BCUT2D eigenvalue weighted by molar-refractivity contribution is 5.01. The molecule has 1 aromatic heterocycles. The van der Waals surface area contributed by atoms with Crippen LogP contribution in [0.4, 0.5) is 0 Å². The fourth-order valence-corrected chi connectivity index (χ4v) is 1.28. The maximum atomic E-state index is 5.30. The van der Waals surface area contributed by atoms with Crippen molar-refractivity contribution in [3.05, 3.63) is 24.3 Å². The topological polar surface area (TPSA) is 47.0 Å². The van der Waals surface area contributed by atoms with Gasteiger partial charge in [-0.05, 0) is 20.4 Å². The highest BCUT2D eigenvalue weighted by atomic mass is 16.5. The van der Waals surface area contributed by atoms with Crippen molar-refractivity contribution in [3.63, 3.8) is 0 Å². The fourth-order valence-electron chi connectivity index (χ4n) is 1.28. The quantitative estimate of drug-likeness (QED) is 0.692. The van der Waals surface area contributed by atoms with E-state index in [9.17, 15) is 0 Å². The lowest BCUT2D eigenvalue weighted by Crippen LogP contribution is -2.19. The van der Waals surface area contributed by atoms with E-state index >= 15 is 0 Å². The summed E-state index contributed by atoms with van der Waals surface area (Å²) < 4.78 is 5.30. The first-order valence-corrected chi connectivity index (χ1v) is 4.89. The molecule has 1 N–H and O–H groups in total. The summed E-state index contributed by atoms with van der Waals surface area (Å²) in [5.41, 5.74) is 0.967. The Hall–Kier alpha value is -1.00. The summed E-state index contributed by atoms with van der Waals surface area (Å²) in [6.07, 6.45) is 6.09. The third-order valence-corrected chi connectivity index (χ3v) is 2.04. The zero-order chi connectivity index (χ0) is 10.2. The summed E-state index contributed by atoms with van der Waals surface area (Å²) in [6.45, 7) is 3.51. The van der Waals surface area contributed by atoms with Gasteiger partial charge in [-0.3, -0.25) is 9.97 Å². The van der Waals surface area contributed by atoms with Crippen LogP contribution in [-0.2, 0) is 4.74 Å². The Morgan fingerprint density at radius 3 is 2.93 bits per heavy atom. The van der Waals surface area contributed by atoms with Gasteiger partial charge in [-0.15, -0.1) is 0 Å². The molecule has 0 spiro atoms. The largest absolute Gasteiger partial charge is 0.382 e. The van der Waals surface area contributed by atoms with Gasteiger partial charge >= 0.3 is 0 Å². The molecule has 0 aliphatic heterocycles. The third kappa shape index (κ3) is 3.40. The van der Waals surface area contributed by atoms with Crippen molar-refractivity contribution in [1.29, 1.82) is 0 Å². The number of rotatable bonds is 6. The second kappa shape index (κ2) is 6.45. The molecule has 1 aromatic rings. The van der Waals surface area contributed by atoms with Crippen molar-refractivity contribution < 1.29 is 4.74 Å².